The highest BCUT2D eigenvalue weighted by Gasteiger charge is 2.17. The van der Waals surface area contributed by atoms with Gasteiger partial charge in [0.05, 0.1) is 0 Å². The van der Waals surface area contributed by atoms with Gasteiger partial charge in [0.2, 0.25) is 0 Å². The van der Waals surface area contributed by atoms with Crippen LogP contribution in [0.5, 0.6) is 0 Å². The average Bonchev–Trinajstić information content (AvgIpc) is 2.46. The van der Waals surface area contributed by atoms with Gasteiger partial charge in [-0.15, -0.1) is 0 Å². The first kappa shape index (κ1) is 9.32. The molecular formula is C8H16N2O2. The fourth-order valence-electron chi connectivity index (χ4n) is 1.23. The van der Waals surface area contributed by atoms with Gasteiger partial charge >= 0.3 is 6.03 Å². The van der Waals surface area contributed by atoms with E-state index < -0.39 is 0 Å². The molecule has 2 amide bonds. The molecule has 0 saturated carbocycles. The molecule has 1 saturated heterocycles. The van der Waals surface area contributed by atoms with Crippen molar-refractivity contribution in [2.75, 3.05) is 32.8 Å². The Morgan fingerprint density at radius 2 is 2.50 bits per heavy atom. The Hall–Kier alpha value is -0.770. The van der Waals surface area contributed by atoms with Crippen LogP contribution in [0.15, 0.2) is 0 Å². The molecule has 12 heavy (non-hydrogen) atoms. The van der Waals surface area contributed by atoms with Gasteiger partial charge in [-0.3, -0.25) is 0 Å². The average molecular weight is 172 g/mol. The summed E-state index contributed by atoms with van der Waals surface area (Å²) < 4.78 is 5.17. The van der Waals surface area contributed by atoms with Crippen molar-refractivity contribution in [2.45, 2.75) is 13.3 Å². The lowest BCUT2D eigenvalue weighted by molar-refractivity contribution is 0.137. The van der Waals surface area contributed by atoms with Crippen molar-refractivity contribution >= 4 is 6.03 Å². The van der Waals surface area contributed by atoms with Crippen LogP contribution in [-0.4, -0.2) is 43.8 Å². The minimum absolute atomic E-state index is 0.0616. The zero-order valence-corrected chi connectivity index (χ0v) is 7.51. The van der Waals surface area contributed by atoms with Crippen LogP contribution in [0.1, 0.15) is 13.3 Å². The van der Waals surface area contributed by atoms with E-state index in [-0.39, 0.29) is 6.03 Å². The third-order valence-electron chi connectivity index (χ3n) is 1.87. The van der Waals surface area contributed by atoms with Gasteiger partial charge in [0.25, 0.3) is 0 Å². The summed E-state index contributed by atoms with van der Waals surface area (Å²) in [5, 5.41) is 2.76. The number of hydrogen-bond donors (Lipinski definition) is 1. The zero-order chi connectivity index (χ0) is 8.81. The Morgan fingerprint density at radius 1 is 1.67 bits per heavy atom. The quantitative estimate of drug-likeness (QED) is 0.611. The Morgan fingerprint density at radius 3 is 3.08 bits per heavy atom. The molecule has 4 nitrogen and oxygen atoms in total. The van der Waals surface area contributed by atoms with E-state index in [2.05, 4.69) is 5.32 Å². The second kappa shape index (κ2) is 4.98. The van der Waals surface area contributed by atoms with Crippen molar-refractivity contribution in [3.05, 3.63) is 0 Å². The van der Waals surface area contributed by atoms with E-state index in [1.54, 1.807) is 0 Å². The number of carbonyl (C=O) groups excluding carboxylic acids is 1. The lowest BCUT2D eigenvalue weighted by Gasteiger charge is -2.13. The third-order valence-corrected chi connectivity index (χ3v) is 1.87. The smallest absolute Gasteiger partial charge is 0.317 e. The number of carbonyl (C=O) groups is 1. The lowest BCUT2D eigenvalue weighted by Crippen LogP contribution is -2.29. The molecule has 1 rings (SSSR count). The summed E-state index contributed by atoms with van der Waals surface area (Å²) >= 11 is 0. The first-order chi connectivity index (χ1) is 5.84. The van der Waals surface area contributed by atoms with Crippen molar-refractivity contribution in [1.82, 2.24) is 10.2 Å². The van der Waals surface area contributed by atoms with Crippen LogP contribution in [0, 0.1) is 0 Å². The molecule has 0 aromatic carbocycles. The molecule has 1 aliphatic heterocycles. The normalized spacial score (nSPS) is 16.8. The molecular weight excluding hydrogens is 156 g/mol. The minimum atomic E-state index is 0.0616. The highest BCUT2D eigenvalue weighted by molar-refractivity contribution is 5.76. The van der Waals surface area contributed by atoms with E-state index in [1.165, 1.54) is 0 Å². The summed E-state index contributed by atoms with van der Waals surface area (Å²) in [6.45, 7) is 5.92. The summed E-state index contributed by atoms with van der Waals surface area (Å²) in [4.78, 5) is 12.8. The maximum Gasteiger partial charge on any atom is 0.317 e. The van der Waals surface area contributed by atoms with Crippen LogP contribution in [0.3, 0.4) is 0 Å². The van der Waals surface area contributed by atoms with E-state index in [0.717, 1.165) is 39.3 Å². The highest BCUT2D eigenvalue weighted by Crippen LogP contribution is 1.97. The fourth-order valence-corrected chi connectivity index (χ4v) is 1.23. The van der Waals surface area contributed by atoms with Crippen molar-refractivity contribution in [2.24, 2.45) is 0 Å². The number of rotatable bonds is 5. The maximum absolute atomic E-state index is 11.0. The zero-order valence-electron chi connectivity index (χ0n) is 7.51. The van der Waals surface area contributed by atoms with Gasteiger partial charge < -0.3 is 15.0 Å². The largest absolute Gasteiger partial charge is 0.382 e. The van der Waals surface area contributed by atoms with E-state index in [1.807, 2.05) is 11.8 Å². The van der Waals surface area contributed by atoms with Crippen LogP contribution in [0.2, 0.25) is 0 Å². The molecule has 0 unspecified atom stereocenters. The number of amides is 2. The second-order valence-electron chi connectivity index (χ2n) is 2.77. The van der Waals surface area contributed by atoms with Gasteiger partial charge in [-0.25, -0.2) is 4.79 Å². The standard InChI is InChI=1S/C8H16N2O2/c1-2-12-7-3-5-10-6-4-9-8(10)11/h2-7H2,1H3,(H,9,11). The third kappa shape index (κ3) is 2.70. The molecule has 0 aromatic heterocycles. The van der Waals surface area contributed by atoms with E-state index in [0.29, 0.717) is 0 Å². The lowest BCUT2D eigenvalue weighted by atomic mass is 10.4. The van der Waals surface area contributed by atoms with Crippen LogP contribution in [0.25, 0.3) is 0 Å². The Kier molecular flexibility index (Phi) is 3.87. The van der Waals surface area contributed by atoms with Gasteiger partial charge in [0.1, 0.15) is 0 Å². The summed E-state index contributed by atoms with van der Waals surface area (Å²) in [5.41, 5.74) is 0. The number of ether oxygens (including phenoxy) is 1. The van der Waals surface area contributed by atoms with Gasteiger partial charge in [-0.1, -0.05) is 0 Å². The molecule has 0 radical (unpaired) electrons. The number of nitrogens with one attached hydrogen (secondary N) is 1. The number of nitrogens with zero attached hydrogens (tertiary/aromatic N) is 1. The first-order valence-electron chi connectivity index (χ1n) is 4.45. The molecule has 1 fully saturated rings. The van der Waals surface area contributed by atoms with Gasteiger partial charge in [-0.2, -0.15) is 0 Å². The van der Waals surface area contributed by atoms with Crippen LogP contribution in [0.4, 0.5) is 4.79 Å². The Balaban J connectivity index is 2.02. The SMILES string of the molecule is CCOCCCN1CCNC1=O. The summed E-state index contributed by atoms with van der Waals surface area (Å²) in [7, 11) is 0. The summed E-state index contributed by atoms with van der Waals surface area (Å²) in [6.07, 6.45) is 0.932. The number of hydrogen-bond acceptors (Lipinski definition) is 2. The van der Waals surface area contributed by atoms with E-state index in [9.17, 15) is 4.79 Å². The topological polar surface area (TPSA) is 41.6 Å². The first-order valence-corrected chi connectivity index (χ1v) is 4.45. The molecule has 1 aliphatic rings. The highest BCUT2D eigenvalue weighted by atomic mass is 16.5. The Labute approximate surface area is 72.9 Å². The van der Waals surface area contributed by atoms with Crippen LogP contribution in [-0.2, 0) is 4.74 Å². The van der Waals surface area contributed by atoms with Crippen molar-refractivity contribution in [1.29, 1.82) is 0 Å². The predicted molar refractivity (Wildman–Crippen MR) is 46.1 cm³/mol. The molecule has 0 atom stereocenters. The van der Waals surface area contributed by atoms with Gasteiger partial charge in [0, 0.05) is 32.8 Å². The molecule has 1 heterocycles. The molecule has 1 N–H and O–H groups in total. The van der Waals surface area contributed by atoms with E-state index >= 15 is 0 Å². The number of urea groups is 1. The van der Waals surface area contributed by atoms with E-state index in [4.69, 9.17) is 4.74 Å². The van der Waals surface area contributed by atoms with Crippen LogP contribution >= 0.6 is 0 Å². The summed E-state index contributed by atoms with van der Waals surface area (Å²) in [5.74, 6) is 0. The van der Waals surface area contributed by atoms with Crippen molar-refractivity contribution in [3.63, 3.8) is 0 Å². The molecule has 0 spiro atoms. The second-order valence-corrected chi connectivity index (χ2v) is 2.77. The molecule has 4 heteroatoms. The predicted octanol–water partition coefficient (Wildman–Crippen LogP) is 0.438. The van der Waals surface area contributed by atoms with Gasteiger partial charge in [0.15, 0.2) is 0 Å². The van der Waals surface area contributed by atoms with Crippen molar-refractivity contribution in [3.8, 4) is 0 Å². The Bertz CT molecular complexity index is 150. The van der Waals surface area contributed by atoms with Crippen LogP contribution < -0.4 is 5.32 Å². The molecule has 70 valence electrons. The maximum atomic E-state index is 11.0. The monoisotopic (exact) mass is 172 g/mol. The van der Waals surface area contributed by atoms with Gasteiger partial charge in [-0.05, 0) is 13.3 Å². The fraction of sp³-hybridized carbons (Fsp3) is 0.875. The molecule has 0 bridgehead atoms. The molecule has 0 aliphatic carbocycles. The summed E-state index contributed by atoms with van der Waals surface area (Å²) in [6, 6.07) is 0.0616. The molecule has 0 aromatic rings. The minimum Gasteiger partial charge on any atom is -0.382 e. The van der Waals surface area contributed by atoms with Crippen molar-refractivity contribution < 1.29 is 9.53 Å².